The molecule has 1 saturated heterocycles. The fourth-order valence-corrected chi connectivity index (χ4v) is 4.97. The molecule has 0 spiro atoms. The molecule has 0 amide bonds. The Morgan fingerprint density at radius 2 is 1.60 bits per heavy atom. The fourth-order valence-electron chi connectivity index (χ4n) is 2.97. The molecule has 0 saturated carbocycles. The van der Waals surface area contributed by atoms with Crippen molar-refractivity contribution in [1.82, 2.24) is 4.31 Å². The normalized spacial score (nSPS) is 16.2. The zero-order valence-corrected chi connectivity index (χ0v) is 16.1. The number of anilines is 1. The molecular formula is C18H20Cl2N2O2S. The quantitative estimate of drug-likeness (QED) is 0.770. The van der Waals surface area contributed by atoms with Crippen LogP contribution >= 0.6 is 23.2 Å². The molecular weight excluding hydrogens is 379 g/mol. The first-order valence-corrected chi connectivity index (χ1v) is 10.5. The van der Waals surface area contributed by atoms with Gasteiger partial charge >= 0.3 is 0 Å². The summed E-state index contributed by atoms with van der Waals surface area (Å²) in [5, 5.41) is 1.18. The summed E-state index contributed by atoms with van der Waals surface area (Å²) in [7, 11) is -3.25. The second kappa shape index (κ2) is 7.96. The molecule has 1 aliphatic rings. The molecule has 1 heterocycles. The zero-order valence-electron chi connectivity index (χ0n) is 13.7. The SMILES string of the molecule is O=S(=O)(CCc1ccccc1)N1CCN(c2ccc(Cl)cc2Cl)CC1. The van der Waals surface area contributed by atoms with E-state index in [-0.39, 0.29) is 5.75 Å². The number of aryl methyl sites for hydroxylation is 1. The lowest BCUT2D eigenvalue weighted by Gasteiger charge is -2.35. The molecule has 4 nitrogen and oxygen atoms in total. The van der Waals surface area contributed by atoms with Gasteiger partial charge in [0, 0.05) is 31.2 Å². The van der Waals surface area contributed by atoms with E-state index in [2.05, 4.69) is 4.90 Å². The molecule has 0 bridgehead atoms. The predicted molar refractivity (Wildman–Crippen MR) is 104 cm³/mol. The Labute approximate surface area is 159 Å². The summed E-state index contributed by atoms with van der Waals surface area (Å²) in [5.74, 6) is 0.138. The van der Waals surface area contributed by atoms with Gasteiger partial charge in [0.2, 0.25) is 10.0 Å². The highest BCUT2D eigenvalue weighted by molar-refractivity contribution is 7.89. The summed E-state index contributed by atoms with van der Waals surface area (Å²) >= 11 is 12.2. The third-order valence-corrected chi connectivity index (χ3v) is 6.78. The lowest BCUT2D eigenvalue weighted by molar-refractivity contribution is 0.385. The summed E-state index contributed by atoms with van der Waals surface area (Å²) in [5.41, 5.74) is 1.94. The lowest BCUT2D eigenvalue weighted by Crippen LogP contribution is -2.49. The molecule has 7 heteroatoms. The Kier molecular flexibility index (Phi) is 5.89. The maximum atomic E-state index is 12.6. The van der Waals surface area contributed by atoms with Gasteiger partial charge in [0.25, 0.3) is 0 Å². The first-order chi connectivity index (χ1) is 12.0. The van der Waals surface area contributed by atoms with Crippen molar-refractivity contribution in [3.63, 3.8) is 0 Å². The molecule has 1 fully saturated rings. The van der Waals surface area contributed by atoms with Crippen LogP contribution in [0.2, 0.25) is 10.0 Å². The van der Waals surface area contributed by atoms with Crippen LogP contribution in [0.3, 0.4) is 0 Å². The van der Waals surface area contributed by atoms with Gasteiger partial charge in [-0.25, -0.2) is 8.42 Å². The van der Waals surface area contributed by atoms with E-state index in [0.717, 1.165) is 11.3 Å². The van der Waals surface area contributed by atoms with Crippen LogP contribution in [0.25, 0.3) is 0 Å². The molecule has 1 aliphatic heterocycles. The number of hydrogen-bond acceptors (Lipinski definition) is 3. The van der Waals surface area contributed by atoms with Crippen molar-refractivity contribution >= 4 is 38.9 Å². The maximum absolute atomic E-state index is 12.6. The molecule has 2 aromatic rings. The number of piperazine rings is 1. The van der Waals surface area contributed by atoms with Crippen molar-refractivity contribution in [3.05, 3.63) is 64.1 Å². The van der Waals surface area contributed by atoms with Gasteiger partial charge in [0.05, 0.1) is 16.5 Å². The van der Waals surface area contributed by atoms with Crippen LogP contribution < -0.4 is 4.90 Å². The van der Waals surface area contributed by atoms with E-state index in [9.17, 15) is 8.42 Å². The Balaban J connectivity index is 1.59. The molecule has 0 radical (unpaired) electrons. The highest BCUT2D eigenvalue weighted by atomic mass is 35.5. The van der Waals surface area contributed by atoms with Crippen molar-refractivity contribution in [2.75, 3.05) is 36.8 Å². The summed E-state index contributed by atoms with van der Waals surface area (Å²) in [4.78, 5) is 2.10. The average molecular weight is 399 g/mol. The largest absolute Gasteiger partial charge is 0.368 e. The topological polar surface area (TPSA) is 40.6 Å². The Morgan fingerprint density at radius 1 is 0.920 bits per heavy atom. The maximum Gasteiger partial charge on any atom is 0.214 e. The van der Waals surface area contributed by atoms with Crippen molar-refractivity contribution in [2.24, 2.45) is 0 Å². The van der Waals surface area contributed by atoms with E-state index in [4.69, 9.17) is 23.2 Å². The molecule has 2 aromatic carbocycles. The molecule has 0 aliphatic carbocycles. The summed E-state index contributed by atoms with van der Waals surface area (Å²) in [6.45, 7) is 2.17. The predicted octanol–water partition coefficient (Wildman–Crippen LogP) is 3.69. The lowest BCUT2D eigenvalue weighted by atomic mass is 10.2. The number of benzene rings is 2. The number of nitrogens with zero attached hydrogens (tertiary/aromatic N) is 2. The summed E-state index contributed by atoms with van der Waals surface area (Å²) in [6, 6.07) is 15.1. The smallest absolute Gasteiger partial charge is 0.214 e. The Morgan fingerprint density at radius 3 is 2.24 bits per heavy atom. The fraction of sp³-hybridized carbons (Fsp3) is 0.333. The van der Waals surface area contributed by atoms with Gasteiger partial charge in [-0.05, 0) is 30.2 Å². The van der Waals surface area contributed by atoms with Crippen LogP contribution in [0.4, 0.5) is 5.69 Å². The summed E-state index contributed by atoms with van der Waals surface area (Å²) < 4.78 is 26.7. The number of rotatable bonds is 5. The molecule has 0 unspecified atom stereocenters. The summed E-state index contributed by atoms with van der Waals surface area (Å²) in [6.07, 6.45) is 0.534. The average Bonchev–Trinajstić information content (AvgIpc) is 2.61. The van der Waals surface area contributed by atoms with Gasteiger partial charge in [-0.2, -0.15) is 4.31 Å². The van der Waals surface area contributed by atoms with E-state index < -0.39 is 10.0 Å². The van der Waals surface area contributed by atoms with E-state index in [0.29, 0.717) is 42.6 Å². The van der Waals surface area contributed by atoms with Crippen LogP contribution in [0.5, 0.6) is 0 Å². The van der Waals surface area contributed by atoms with Crippen LogP contribution in [0.1, 0.15) is 5.56 Å². The zero-order chi connectivity index (χ0) is 17.9. The minimum Gasteiger partial charge on any atom is -0.368 e. The van der Waals surface area contributed by atoms with Crippen LogP contribution in [0.15, 0.2) is 48.5 Å². The second-order valence-corrected chi connectivity index (χ2v) is 8.97. The molecule has 134 valence electrons. The Bertz CT molecular complexity index is 820. The third-order valence-electron chi connectivity index (χ3n) is 4.37. The van der Waals surface area contributed by atoms with Crippen LogP contribution in [-0.2, 0) is 16.4 Å². The van der Waals surface area contributed by atoms with Gasteiger partial charge in [0.1, 0.15) is 0 Å². The van der Waals surface area contributed by atoms with Crippen molar-refractivity contribution < 1.29 is 8.42 Å². The molecule has 25 heavy (non-hydrogen) atoms. The molecule has 0 N–H and O–H groups in total. The van der Waals surface area contributed by atoms with Crippen molar-refractivity contribution in [3.8, 4) is 0 Å². The van der Waals surface area contributed by atoms with Crippen molar-refractivity contribution in [2.45, 2.75) is 6.42 Å². The molecule has 0 atom stereocenters. The molecule has 3 rings (SSSR count). The van der Waals surface area contributed by atoms with Crippen LogP contribution in [0, 0.1) is 0 Å². The van der Waals surface area contributed by atoms with E-state index in [1.165, 1.54) is 0 Å². The van der Waals surface area contributed by atoms with E-state index >= 15 is 0 Å². The van der Waals surface area contributed by atoms with Gasteiger partial charge < -0.3 is 4.90 Å². The highest BCUT2D eigenvalue weighted by Crippen LogP contribution is 2.29. The first-order valence-electron chi connectivity index (χ1n) is 8.17. The number of hydrogen-bond donors (Lipinski definition) is 0. The van der Waals surface area contributed by atoms with Gasteiger partial charge in [0.15, 0.2) is 0 Å². The monoisotopic (exact) mass is 398 g/mol. The van der Waals surface area contributed by atoms with Crippen molar-refractivity contribution in [1.29, 1.82) is 0 Å². The van der Waals surface area contributed by atoms with Crippen LogP contribution in [-0.4, -0.2) is 44.7 Å². The third kappa shape index (κ3) is 4.67. The first kappa shape index (κ1) is 18.5. The minimum atomic E-state index is -3.25. The molecule has 0 aromatic heterocycles. The van der Waals surface area contributed by atoms with E-state index in [1.54, 1.807) is 16.4 Å². The minimum absolute atomic E-state index is 0.138. The van der Waals surface area contributed by atoms with Gasteiger partial charge in [-0.15, -0.1) is 0 Å². The van der Waals surface area contributed by atoms with Gasteiger partial charge in [-0.3, -0.25) is 0 Å². The second-order valence-electron chi connectivity index (χ2n) is 6.03. The van der Waals surface area contributed by atoms with Gasteiger partial charge in [-0.1, -0.05) is 53.5 Å². The standard InChI is InChI=1S/C18H20Cl2N2O2S/c19-16-6-7-18(17(20)14-16)21-9-11-22(12-10-21)25(23,24)13-8-15-4-2-1-3-5-15/h1-7,14H,8-13H2. The Hall–Kier alpha value is -1.27. The highest BCUT2D eigenvalue weighted by Gasteiger charge is 2.27. The number of halogens is 2. The number of sulfonamides is 1. The van der Waals surface area contributed by atoms with E-state index in [1.807, 2.05) is 36.4 Å².